The standard InChI is InChI=1S/C20H27NO4/c22-18(9-5-12-25-13-10-16-6-2-1-3-7-16)21-14-17-8-4-11-20(17,15-21)19(23)24/h1-3,6-7,17H,4-5,8-15H2,(H,23,24)/t17-,20+/m0/s1. The van der Waals surface area contributed by atoms with Gasteiger partial charge in [0.05, 0.1) is 12.0 Å². The number of benzene rings is 1. The Labute approximate surface area is 149 Å². The average molecular weight is 345 g/mol. The van der Waals surface area contributed by atoms with E-state index in [1.165, 1.54) is 5.56 Å². The normalized spacial score (nSPS) is 25.1. The van der Waals surface area contributed by atoms with Crippen LogP contribution in [0.3, 0.4) is 0 Å². The zero-order chi connectivity index (χ0) is 17.7. The highest BCUT2D eigenvalue weighted by atomic mass is 16.5. The van der Waals surface area contributed by atoms with Crippen LogP contribution in [0.4, 0.5) is 0 Å². The summed E-state index contributed by atoms with van der Waals surface area (Å²) in [5, 5.41) is 9.58. The number of aliphatic carboxylic acids is 1. The number of amides is 1. The molecule has 0 spiro atoms. The van der Waals surface area contributed by atoms with E-state index >= 15 is 0 Å². The van der Waals surface area contributed by atoms with Crippen LogP contribution in [0.5, 0.6) is 0 Å². The molecule has 2 atom stereocenters. The first-order valence-electron chi connectivity index (χ1n) is 9.25. The van der Waals surface area contributed by atoms with Crippen LogP contribution in [0.15, 0.2) is 30.3 Å². The maximum absolute atomic E-state index is 12.4. The van der Waals surface area contributed by atoms with Gasteiger partial charge in [0, 0.05) is 26.1 Å². The summed E-state index contributed by atoms with van der Waals surface area (Å²) in [6.45, 7) is 2.23. The maximum atomic E-state index is 12.4. The molecule has 25 heavy (non-hydrogen) atoms. The van der Waals surface area contributed by atoms with Crippen LogP contribution in [-0.4, -0.2) is 48.2 Å². The molecule has 0 bridgehead atoms. The lowest BCUT2D eigenvalue weighted by Gasteiger charge is -2.23. The number of carbonyl (C=O) groups excluding carboxylic acids is 1. The Morgan fingerprint density at radius 2 is 2.04 bits per heavy atom. The van der Waals surface area contributed by atoms with Crippen LogP contribution in [0, 0.1) is 11.3 Å². The van der Waals surface area contributed by atoms with E-state index in [2.05, 4.69) is 12.1 Å². The van der Waals surface area contributed by atoms with Gasteiger partial charge in [-0.05, 0) is 37.2 Å². The SMILES string of the molecule is O=C(CCCOCCc1ccccc1)N1C[C@@H]2CCC[C@@]2(C(=O)O)C1. The Balaban J connectivity index is 1.34. The molecular formula is C20H27NO4. The maximum Gasteiger partial charge on any atom is 0.311 e. The Morgan fingerprint density at radius 1 is 1.24 bits per heavy atom. The molecule has 1 saturated carbocycles. The number of likely N-dealkylation sites (tertiary alicyclic amines) is 1. The largest absolute Gasteiger partial charge is 0.481 e. The fraction of sp³-hybridized carbons (Fsp3) is 0.600. The average Bonchev–Trinajstić information content (AvgIpc) is 3.17. The number of fused-ring (bicyclic) bond motifs is 1. The topological polar surface area (TPSA) is 66.8 Å². The molecule has 1 aliphatic carbocycles. The number of ether oxygens (including phenoxy) is 1. The third kappa shape index (κ3) is 4.03. The third-order valence-corrected chi connectivity index (χ3v) is 5.71. The quantitative estimate of drug-likeness (QED) is 0.736. The van der Waals surface area contributed by atoms with Crippen molar-refractivity contribution in [1.82, 2.24) is 4.90 Å². The first kappa shape index (κ1) is 17.9. The molecule has 1 saturated heterocycles. The summed E-state index contributed by atoms with van der Waals surface area (Å²) in [5.41, 5.74) is 0.572. The highest BCUT2D eigenvalue weighted by Gasteiger charge is 2.55. The third-order valence-electron chi connectivity index (χ3n) is 5.71. The monoisotopic (exact) mass is 345 g/mol. The molecule has 1 amide bonds. The molecule has 3 rings (SSSR count). The first-order chi connectivity index (χ1) is 12.1. The smallest absolute Gasteiger partial charge is 0.311 e. The van der Waals surface area contributed by atoms with Crippen LogP contribution in [0.2, 0.25) is 0 Å². The van der Waals surface area contributed by atoms with E-state index in [0.29, 0.717) is 45.6 Å². The van der Waals surface area contributed by atoms with E-state index < -0.39 is 11.4 Å². The summed E-state index contributed by atoms with van der Waals surface area (Å²) in [7, 11) is 0. The van der Waals surface area contributed by atoms with Gasteiger partial charge in [-0.25, -0.2) is 0 Å². The summed E-state index contributed by atoms with van der Waals surface area (Å²) < 4.78 is 5.62. The molecule has 0 radical (unpaired) electrons. The van der Waals surface area contributed by atoms with Crippen molar-refractivity contribution >= 4 is 11.9 Å². The second-order valence-electron chi connectivity index (χ2n) is 7.28. The highest BCUT2D eigenvalue weighted by molar-refractivity contribution is 5.81. The Hall–Kier alpha value is -1.88. The molecular weight excluding hydrogens is 318 g/mol. The van der Waals surface area contributed by atoms with Crippen molar-refractivity contribution < 1.29 is 19.4 Å². The number of carboxylic acids is 1. The van der Waals surface area contributed by atoms with Gasteiger partial charge in [0.25, 0.3) is 0 Å². The van der Waals surface area contributed by atoms with Gasteiger partial charge in [-0.3, -0.25) is 9.59 Å². The van der Waals surface area contributed by atoms with E-state index in [1.54, 1.807) is 4.90 Å². The lowest BCUT2D eigenvalue weighted by atomic mass is 9.81. The van der Waals surface area contributed by atoms with Gasteiger partial charge in [0.1, 0.15) is 0 Å². The van der Waals surface area contributed by atoms with Crippen molar-refractivity contribution in [2.45, 2.75) is 38.5 Å². The predicted molar refractivity (Wildman–Crippen MR) is 94.2 cm³/mol. The molecule has 136 valence electrons. The minimum atomic E-state index is -0.727. The first-order valence-corrected chi connectivity index (χ1v) is 9.25. The molecule has 1 aliphatic heterocycles. The second kappa shape index (κ2) is 8.00. The van der Waals surface area contributed by atoms with Gasteiger partial charge in [-0.2, -0.15) is 0 Å². The summed E-state index contributed by atoms with van der Waals surface area (Å²) in [5.74, 6) is -0.521. The fourth-order valence-corrected chi connectivity index (χ4v) is 4.25. The van der Waals surface area contributed by atoms with Gasteiger partial charge in [0.15, 0.2) is 0 Å². The Kier molecular flexibility index (Phi) is 5.74. The van der Waals surface area contributed by atoms with E-state index in [-0.39, 0.29) is 11.8 Å². The van der Waals surface area contributed by atoms with Crippen LogP contribution in [-0.2, 0) is 20.7 Å². The van der Waals surface area contributed by atoms with Crippen molar-refractivity contribution in [3.8, 4) is 0 Å². The van der Waals surface area contributed by atoms with Crippen LogP contribution in [0.1, 0.15) is 37.7 Å². The van der Waals surface area contributed by atoms with E-state index in [9.17, 15) is 14.7 Å². The van der Waals surface area contributed by atoms with Gasteiger partial charge in [-0.1, -0.05) is 36.8 Å². The minimum Gasteiger partial charge on any atom is -0.481 e. The van der Waals surface area contributed by atoms with Crippen molar-refractivity contribution in [2.75, 3.05) is 26.3 Å². The van der Waals surface area contributed by atoms with Crippen LogP contribution in [0.25, 0.3) is 0 Å². The molecule has 5 nitrogen and oxygen atoms in total. The number of rotatable bonds is 8. The summed E-state index contributed by atoms with van der Waals surface area (Å²) in [6.07, 6.45) is 4.61. The van der Waals surface area contributed by atoms with Crippen molar-refractivity contribution in [3.05, 3.63) is 35.9 Å². The van der Waals surface area contributed by atoms with Gasteiger partial charge in [-0.15, -0.1) is 0 Å². The number of hydrogen-bond donors (Lipinski definition) is 1. The number of nitrogens with zero attached hydrogens (tertiary/aromatic N) is 1. The van der Waals surface area contributed by atoms with Gasteiger partial charge >= 0.3 is 5.97 Å². The predicted octanol–water partition coefficient (Wildman–Crippen LogP) is 2.74. The van der Waals surface area contributed by atoms with Gasteiger partial charge < -0.3 is 14.7 Å². The molecule has 2 fully saturated rings. The molecule has 1 aromatic rings. The fourth-order valence-electron chi connectivity index (χ4n) is 4.25. The lowest BCUT2D eigenvalue weighted by Crippen LogP contribution is -2.37. The molecule has 1 N–H and O–H groups in total. The molecule has 0 aromatic heterocycles. The molecule has 5 heteroatoms. The lowest BCUT2D eigenvalue weighted by molar-refractivity contribution is -0.149. The number of hydrogen-bond acceptors (Lipinski definition) is 3. The van der Waals surface area contributed by atoms with Crippen molar-refractivity contribution in [2.24, 2.45) is 11.3 Å². The van der Waals surface area contributed by atoms with Crippen molar-refractivity contribution in [1.29, 1.82) is 0 Å². The van der Waals surface area contributed by atoms with Crippen molar-refractivity contribution in [3.63, 3.8) is 0 Å². The molecule has 1 heterocycles. The number of carbonyl (C=O) groups is 2. The van der Waals surface area contributed by atoms with E-state index in [0.717, 1.165) is 19.3 Å². The second-order valence-corrected chi connectivity index (χ2v) is 7.28. The van der Waals surface area contributed by atoms with Crippen LogP contribution < -0.4 is 0 Å². The minimum absolute atomic E-state index is 0.0710. The van der Waals surface area contributed by atoms with Crippen LogP contribution >= 0.6 is 0 Å². The van der Waals surface area contributed by atoms with E-state index in [4.69, 9.17) is 4.74 Å². The Bertz CT molecular complexity index is 603. The zero-order valence-corrected chi connectivity index (χ0v) is 14.7. The highest BCUT2D eigenvalue weighted by Crippen LogP contribution is 2.48. The Morgan fingerprint density at radius 3 is 2.76 bits per heavy atom. The van der Waals surface area contributed by atoms with E-state index in [1.807, 2.05) is 18.2 Å². The molecule has 1 aromatic carbocycles. The number of carboxylic acid groups (broad SMARTS) is 1. The zero-order valence-electron chi connectivity index (χ0n) is 14.7. The summed E-state index contributed by atoms with van der Waals surface area (Å²) in [4.78, 5) is 25.8. The summed E-state index contributed by atoms with van der Waals surface area (Å²) in [6, 6.07) is 10.2. The molecule has 2 aliphatic rings. The molecule has 0 unspecified atom stereocenters. The summed E-state index contributed by atoms with van der Waals surface area (Å²) >= 11 is 0. The van der Waals surface area contributed by atoms with Gasteiger partial charge in [0.2, 0.25) is 5.91 Å².